The molecule has 5 nitrogen and oxygen atoms in total. The highest BCUT2D eigenvalue weighted by Crippen LogP contribution is 2.47. The first-order valence-corrected chi connectivity index (χ1v) is 11.4. The van der Waals surface area contributed by atoms with Gasteiger partial charge in [-0.2, -0.15) is 0 Å². The van der Waals surface area contributed by atoms with Gasteiger partial charge in [0.15, 0.2) is 0 Å². The summed E-state index contributed by atoms with van der Waals surface area (Å²) in [6.07, 6.45) is 6.17. The number of aryl methyl sites for hydroxylation is 1. The lowest BCUT2D eigenvalue weighted by Gasteiger charge is -2.28. The molecular formula is C26H30N2O3. The van der Waals surface area contributed by atoms with Gasteiger partial charge >= 0.3 is 5.97 Å². The molecule has 0 unspecified atom stereocenters. The van der Waals surface area contributed by atoms with Crippen molar-refractivity contribution in [1.29, 1.82) is 0 Å². The van der Waals surface area contributed by atoms with Crippen molar-refractivity contribution in [2.24, 2.45) is 0 Å². The van der Waals surface area contributed by atoms with Crippen molar-refractivity contribution in [2.45, 2.75) is 57.5 Å². The number of hydrogen-bond donors (Lipinski definition) is 2. The van der Waals surface area contributed by atoms with Crippen molar-refractivity contribution < 1.29 is 14.6 Å². The van der Waals surface area contributed by atoms with Gasteiger partial charge < -0.3 is 19.7 Å². The maximum absolute atomic E-state index is 11.8. The van der Waals surface area contributed by atoms with Crippen LogP contribution in [0.15, 0.2) is 36.4 Å². The predicted octanol–water partition coefficient (Wildman–Crippen LogP) is 5.34. The number of rotatable bonds is 3. The van der Waals surface area contributed by atoms with Gasteiger partial charge in [-0.15, -0.1) is 0 Å². The molecule has 2 N–H and O–H groups in total. The molecule has 1 fully saturated rings. The van der Waals surface area contributed by atoms with Gasteiger partial charge in [-0.3, -0.25) is 0 Å². The third kappa shape index (κ3) is 3.41. The molecule has 5 heteroatoms. The summed E-state index contributed by atoms with van der Waals surface area (Å²) in [5, 5.41) is 14.2. The van der Waals surface area contributed by atoms with Crippen molar-refractivity contribution in [1.82, 2.24) is 9.88 Å². The number of benzene rings is 2. The molecule has 0 saturated heterocycles. The highest BCUT2D eigenvalue weighted by atomic mass is 16.5. The smallest absolute Gasteiger partial charge is 0.335 e. The van der Waals surface area contributed by atoms with Crippen LogP contribution >= 0.6 is 0 Å². The van der Waals surface area contributed by atoms with E-state index in [0.29, 0.717) is 18.1 Å². The van der Waals surface area contributed by atoms with Crippen LogP contribution in [-0.2, 0) is 6.54 Å². The number of likely N-dealkylation sites (N-methyl/N-ethyl adjacent to an activating group) is 1. The highest BCUT2D eigenvalue weighted by Gasteiger charge is 2.31. The number of aromatic nitrogens is 1. The molecule has 0 spiro atoms. The van der Waals surface area contributed by atoms with E-state index in [1.165, 1.54) is 54.3 Å². The minimum Gasteiger partial charge on any atom is -0.491 e. The van der Waals surface area contributed by atoms with Crippen molar-refractivity contribution >= 4 is 16.9 Å². The molecule has 0 amide bonds. The Kier molecular flexibility index (Phi) is 5.22. The number of carboxylic acid groups (broad SMARTS) is 1. The molecule has 0 radical (unpaired) electrons. The van der Waals surface area contributed by atoms with Gasteiger partial charge in [-0.05, 0) is 62.1 Å². The first-order valence-electron chi connectivity index (χ1n) is 11.4. The lowest BCUT2D eigenvalue weighted by Crippen LogP contribution is -2.37. The average Bonchev–Trinajstić information content (AvgIpc) is 3.07. The molecule has 5 rings (SSSR count). The number of fused-ring (bicyclic) bond motifs is 5. The van der Waals surface area contributed by atoms with Gasteiger partial charge in [0, 0.05) is 23.0 Å². The van der Waals surface area contributed by atoms with E-state index in [2.05, 4.69) is 35.0 Å². The summed E-state index contributed by atoms with van der Waals surface area (Å²) in [5.74, 6) is 0.523. The summed E-state index contributed by atoms with van der Waals surface area (Å²) in [7, 11) is 1.96. The summed E-state index contributed by atoms with van der Waals surface area (Å²) in [5.41, 5.74) is 6.31. The number of ether oxygens (including phenoxy) is 1. The van der Waals surface area contributed by atoms with Crippen molar-refractivity contribution in [2.75, 3.05) is 13.7 Å². The zero-order chi connectivity index (χ0) is 21.5. The molecular weight excluding hydrogens is 388 g/mol. The zero-order valence-corrected chi connectivity index (χ0v) is 18.3. The lowest BCUT2D eigenvalue weighted by molar-refractivity contribution is 0.0697. The molecule has 162 valence electrons. The summed E-state index contributed by atoms with van der Waals surface area (Å²) in [6.45, 7) is 3.46. The first-order chi connectivity index (χ1) is 15.1. The number of aromatic carboxylic acids is 1. The predicted molar refractivity (Wildman–Crippen MR) is 123 cm³/mol. The number of nitrogens with zero attached hydrogens (tertiary/aromatic N) is 1. The Morgan fingerprint density at radius 2 is 1.97 bits per heavy atom. The maximum atomic E-state index is 11.8. The largest absolute Gasteiger partial charge is 0.491 e. The number of hydrogen-bond acceptors (Lipinski definition) is 3. The van der Waals surface area contributed by atoms with Crippen LogP contribution in [0.2, 0.25) is 0 Å². The van der Waals surface area contributed by atoms with E-state index in [9.17, 15) is 9.90 Å². The molecule has 1 aliphatic heterocycles. The molecule has 3 aromatic rings. The lowest BCUT2D eigenvalue weighted by atomic mass is 9.81. The van der Waals surface area contributed by atoms with E-state index in [-0.39, 0.29) is 6.04 Å². The number of carboxylic acids is 1. The SMILES string of the molecule is CN[C@H]1COc2cccc(C)c2-c2c(C3CCCCC3)c3ccc(C(=O)O)cc3n2C1. The van der Waals surface area contributed by atoms with Crippen LogP contribution in [0, 0.1) is 6.92 Å². The van der Waals surface area contributed by atoms with Gasteiger partial charge in [-0.1, -0.05) is 37.5 Å². The summed E-state index contributed by atoms with van der Waals surface area (Å²) < 4.78 is 8.66. The third-order valence-corrected chi connectivity index (χ3v) is 7.09. The Bertz CT molecular complexity index is 1140. The van der Waals surface area contributed by atoms with E-state index in [1.807, 2.05) is 19.2 Å². The standard InChI is InChI=1S/C26H30N2O3/c1-16-7-6-10-22-23(16)25-24(17-8-4-3-5-9-17)20-12-11-18(26(29)30)13-21(20)28(25)14-19(27-2)15-31-22/h6-7,10-13,17,19,27H,3-5,8-9,14-15H2,1-2H3,(H,29,30)/t19-/m1/s1. The Morgan fingerprint density at radius 1 is 1.16 bits per heavy atom. The fourth-order valence-electron chi connectivity index (χ4n) is 5.48. The second kappa shape index (κ2) is 8.04. The first kappa shape index (κ1) is 20.1. The van der Waals surface area contributed by atoms with Crippen LogP contribution in [0.1, 0.15) is 59.5 Å². The zero-order valence-electron chi connectivity index (χ0n) is 18.3. The second-order valence-corrected chi connectivity index (χ2v) is 8.99. The van der Waals surface area contributed by atoms with E-state index in [1.54, 1.807) is 6.07 Å². The minimum atomic E-state index is -0.882. The molecule has 2 aromatic carbocycles. The molecule has 2 aliphatic rings. The highest BCUT2D eigenvalue weighted by molar-refractivity contribution is 5.99. The Labute approximate surface area is 183 Å². The second-order valence-electron chi connectivity index (χ2n) is 8.99. The summed E-state index contributed by atoms with van der Waals surface area (Å²) >= 11 is 0. The van der Waals surface area contributed by atoms with Crippen molar-refractivity contribution in [3.63, 3.8) is 0 Å². The maximum Gasteiger partial charge on any atom is 0.335 e. The molecule has 1 aliphatic carbocycles. The monoisotopic (exact) mass is 418 g/mol. The van der Waals surface area contributed by atoms with Crippen LogP contribution in [0.4, 0.5) is 0 Å². The van der Waals surface area contributed by atoms with Gasteiger partial charge in [0.25, 0.3) is 0 Å². The van der Waals surface area contributed by atoms with Crippen LogP contribution in [0.25, 0.3) is 22.2 Å². The van der Waals surface area contributed by atoms with E-state index >= 15 is 0 Å². The summed E-state index contributed by atoms with van der Waals surface area (Å²) in [6, 6.07) is 12.1. The quantitative estimate of drug-likeness (QED) is 0.602. The third-order valence-electron chi connectivity index (χ3n) is 7.09. The normalized spacial score (nSPS) is 19.2. The van der Waals surface area contributed by atoms with Crippen LogP contribution in [0.3, 0.4) is 0 Å². The van der Waals surface area contributed by atoms with Crippen molar-refractivity contribution in [3.05, 3.63) is 53.1 Å². The van der Waals surface area contributed by atoms with Crippen LogP contribution in [0.5, 0.6) is 5.75 Å². The Hall–Kier alpha value is -2.79. The molecule has 1 saturated carbocycles. The molecule has 0 bridgehead atoms. The molecule has 31 heavy (non-hydrogen) atoms. The van der Waals surface area contributed by atoms with Crippen molar-refractivity contribution in [3.8, 4) is 17.0 Å². The molecule has 1 atom stereocenters. The Balaban J connectivity index is 1.87. The Morgan fingerprint density at radius 3 is 2.71 bits per heavy atom. The number of carbonyl (C=O) groups is 1. The van der Waals surface area contributed by atoms with Gasteiger partial charge in [0.1, 0.15) is 12.4 Å². The fourth-order valence-corrected chi connectivity index (χ4v) is 5.48. The van der Waals surface area contributed by atoms with Crippen LogP contribution in [-0.4, -0.2) is 35.3 Å². The summed E-state index contributed by atoms with van der Waals surface area (Å²) in [4.78, 5) is 11.8. The van der Waals surface area contributed by atoms with E-state index in [4.69, 9.17) is 4.74 Å². The van der Waals surface area contributed by atoms with E-state index < -0.39 is 5.97 Å². The van der Waals surface area contributed by atoms with Gasteiger partial charge in [0.05, 0.1) is 17.3 Å². The van der Waals surface area contributed by atoms with Crippen LogP contribution < -0.4 is 10.1 Å². The minimum absolute atomic E-state index is 0.135. The molecule has 2 heterocycles. The fraction of sp³-hybridized carbons (Fsp3) is 0.423. The molecule has 1 aromatic heterocycles. The number of nitrogens with one attached hydrogen (secondary N) is 1. The van der Waals surface area contributed by atoms with Gasteiger partial charge in [-0.25, -0.2) is 4.79 Å². The average molecular weight is 419 g/mol. The van der Waals surface area contributed by atoms with E-state index in [0.717, 1.165) is 23.4 Å². The van der Waals surface area contributed by atoms with Gasteiger partial charge in [0.2, 0.25) is 0 Å². The topological polar surface area (TPSA) is 63.5 Å².